The molecule has 0 atom stereocenters. The van der Waals surface area contributed by atoms with Crippen LogP contribution in [-0.2, 0) is 4.79 Å². The largest absolute Gasteiger partial charge is 0.397 e. The Labute approximate surface area is 69.3 Å². The van der Waals surface area contributed by atoms with Gasteiger partial charge in [0.15, 0.2) is 5.78 Å². The Bertz CT molecular complexity index is 274. The molecule has 0 aliphatic carbocycles. The molecule has 0 unspecified atom stereocenters. The minimum atomic E-state index is -0.0177. The van der Waals surface area contributed by atoms with Crippen molar-refractivity contribution in [2.24, 2.45) is 5.73 Å². The Hall–Kier alpha value is -1.09. The molecule has 1 aromatic heterocycles. The highest BCUT2D eigenvalue weighted by molar-refractivity contribution is 7.11. The minimum absolute atomic E-state index is 0.0177. The van der Waals surface area contributed by atoms with Gasteiger partial charge >= 0.3 is 0 Å². The van der Waals surface area contributed by atoms with Crippen molar-refractivity contribution >= 4 is 22.8 Å². The van der Waals surface area contributed by atoms with Crippen molar-refractivity contribution in [1.29, 1.82) is 0 Å². The van der Waals surface area contributed by atoms with E-state index < -0.39 is 0 Å². The molecule has 1 rings (SSSR count). The standard InChI is InChI=1S/C8H9NOS/c1-6(10)5-7(9)8-3-2-4-11-8/h2-5H,9H2,1H3/b7-5-. The van der Waals surface area contributed by atoms with Crippen molar-refractivity contribution < 1.29 is 4.79 Å². The zero-order valence-electron chi connectivity index (χ0n) is 6.20. The van der Waals surface area contributed by atoms with Gasteiger partial charge in [-0.3, -0.25) is 4.79 Å². The molecule has 0 aliphatic rings. The maximum atomic E-state index is 10.6. The van der Waals surface area contributed by atoms with Crippen LogP contribution < -0.4 is 5.73 Å². The van der Waals surface area contributed by atoms with E-state index in [-0.39, 0.29) is 5.78 Å². The van der Waals surface area contributed by atoms with Crippen LogP contribution in [0.4, 0.5) is 0 Å². The molecule has 0 amide bonds. The second kappa shape index (κ2) is 3.34. The molecule has 11 heavy (non-hydrogen) atoms. The van der Waals surface area contributed by atoms with Gasteiger partial charge in [-0.25, -0.2) is 0 Å². The van der Waals surface area contributed by atoms with Crippen molar-refractivity contribution in [2.45, 2.75) is 6.92 Å². The van der Waals surface area contributed by atoms with Gasteiger partial charge in [0.05, 0.1) is 10.6 Å². The fourth-order valence-electron chi connectivity index (χ4n) is 0.733. The fourth-order valence-corrected chi connectivity index (χ4v) is 1.39. The van der Waals surface area contributed by atoms with E-state index in [1.165, 1.54) is 24.3 Å². The van der Waals surface area contributed by atoms with Gasteiger partial charge in [0.1, 0.15) is 0 Å². The summed E-state index contributed by atoms with van der Waals surface area (Å²) in [5.41, 5.74) is 6.14. The lowest BCUT2D eigenvalue weighted by atomic mass is 10.3. The van der Waals surface area contributed by atoms with E-state index in [2.05, 4.69) is 0 Å². The first-order chi connectivity index (χ1) is 5.20. The third-order valence-electron chi connectivity index (χ3n) is 1.16. The smallest absolute Gasteiger partial charge is 0.154 e. The van der Waals surface area contributed by atoms with Crippen LogP contribution in [0.5, 0.6) is 0 Å². The highest BCUT2D eigenvalue weighted by Crippen LogP contribution is 2.14. The SMILES string of the molecule is CC(=O)/C=C(\N)c1cccs1. The van der Waals surface area contributed by atoms with Crippen molar-refractivity contribution in [3.05, 3.63) is 28.5 Å². The Morgan fingerprint density at radius 2 is 2.45 bits per heavy atom. The summed E-state index contributed by atoms with van der Waals surface area (Å²) >= 11 is 1.53. The average Bonchev–Trinajstić information content (AvgIpc) is 2.35. The van der Waals surface area contributed by atoms with Crippen molar-refractivity contribution in [2.75, 3.05) is 0 Å². The summed E-state index contributed by atoms with van der Waals surface area (Å²) in [4.78, 5) is 11.5. The van der Waals surface area contributed by atoms with Crippen LogP contribution >= 0.6 is 11.3 Å². The van der Waals surface area contributed by atoms with Crippen LogP contribution in [0.2, 0.25) is 0 Å². The lowest BCUT2D eigenvalue weighted by molar-refractivity contribution is -0.112. The molecular formula is C8H9NOS. The number of hydrogen-bond acceptors (Lipinski definition) is 3. The highest BCUT2D eigenvalue weighted by atomic mass is 32.1. The molecule has 3 heteroatoms. The molecule has 0 aliphatic heterocycles. The number of allylic oxidation sites excluding steroid dienone is 1. The van der Waals surface area contributed by atoms with Gasteiger partial charge in [0, 0.05) is 6.08 Å². The molecular weight excluding hydrogens is 158 g/mol. The molecule has 2 nitrogen and oxygen atoms in total. The molecule has 1 aromatic rings. The summed E-state index contributed by atoms with van der Waals surface area (Å²) in [5, 5.41) is 1.93. The van der Waals surface area contributed by atoms with E-state index >= 15 is 0 Å². The predicted octanol–water partition coefficient (Wildman–Crippen LogP) is 1.64. The first-order valence-electron chi connectivity index (χ1n) is 3.22. The third kappa shape index (κ3) is 2.20. The van der Waals surface area contributed by atoms with Crippen LogP contribution in [0, 0.1) is 0 Å². The second-order valence-corrected chi connectivity index (χ2v) is 3.14. The van der Waals surface area contributed by atoms with Crippen LogP contribution in [0.3, 0.4) is 0 Å². The molecule has 0 fully saturated rings. The molecule has 0 saturated heterocycles. The van der Waals surface area contributed by atoms with E-state index in [1.54, 1.807) is 0 Å². The van der Waals surface area contributed by atoms with E-state index in [4.69, 9.17) is 5.73 Å². The second-order valence-electron chi connectivity index (χ2n) is 2.19. The summed E-state index contributed by atoms with van der Waals surface area (Å²) in [6.07, 6.45) is 1.44. The number of nitrogens with two attached hydrogens (primary N) is 1. The number of ketones is 1. The van der Waals surface area contributed by atoms with E-state index in [0.717, 1.165) is 4.88 Å². The van der Waals surface area contributed by atoms with Crippen molar-refractivity contribution in [3.63, 3.8) is 0 Å². The third-order valence-corrected chi connectivity index (χ3v) is 2.08. The van der Waals surface area contributed by atoms with E-state index in [0.29, 0.717) is 5.70 Å². The first kappa shape index (κ1) is 8.01. The predicted molar refractivity (Wildman–Crippen MR) is 47.2 cm³/mol. The van der Waals surface area contributed by atoms with Gasteiger partial charge in [-0.2, -0.15) is 0 Å². The van der Waals surface area contributed by atoms with Gasteiger partial charge in [-0.1, -0.05) is 6.07 Å². The average molecular weight is 167 g/mol. The lowest BCUT2D eigenvalue weighted by Crippen LogP contribution is -1.96. The fraction of sp³-hybridized carbons (Fsp3) is 0.125. The van der Waals surface area contributed by atoms with Gasteiger partial charge in [0.25, 0.3) is 0 Å². The number of thiophene rings is 1. The van der Waals surface area contributed by atoms with Gasteiger partial charge in [-0.15, -0.1) is 11.3 Å². The molecule has 0 bridgehead atoms. The number of carbonyl (C=O) groups excluding carboxylic acids is 1. The molecule has 58 valence electrons. The Balaban J connectivity index is 2.86. The van der Waals surface area contributed by atoms with Gasteiger partial charge in [-0.05, 0) is 18.4 Å². The maximum absolute atomic E-state index is 10.6. The topological polar surface area (TPSA) is 43.1 Å². The highest BCUT2D eigenvalue weighted by Gasteiger charge is 1.96. The van der Waals surface area contributed by atoms with Crippen LogP contribution in [-0.4, -0.2) is 5.78 Å². The molecule has 0 saturated carbocycles. The summed E-state index contributed by atoms with van der Waals surface area (Å²) in [6.45, 7) is 1.49. The Morgan fingerprint density at radius 3 is 2.91 bits per heavy atom. The van der Waals surface area contributed by atoms with Crippen LogP contribution in [0.1, 0.15) is 11.8 Å². The number of rotatable bonds is 2. The maximum Gasteiger partial charge on any atom is 0.154 e. The Morgan fingerprint density at radius 1 is 1.73 bits per heavy atom. The zero-order chi connectivity index (χ0) is 8.27. The van der Waals surface area contributed by atoms with Crippen molar-refractivity contribution in [3.8, 4) is 0 Å². The van der Waals surface area contributed by atoms with E-state index in [1.807, 2.05) is 17.5 Å². The van der Waals surface area contributed by atoms with Crippen LogP contribution in [0.15, 0.2) is 23.6 Å². The Kier molecular flexibility index (Phi) is 2.44. The molecule has 0 radical (unpaired) electrons. The van der Waals surface area contributed by atoms with Crippen molar-refractivity contribution in [1.82, 2.24) is 0 Å². The normalized spacial score (nSPS) is 11.5. The summed E-state index contributed by atoms with van der Waals surface area (Å²) in [7, 11) is 0. The number of hydrogen-bond donors (Lipinski definition) is 1. The summed E-state index contributed by atoms with van der Waals surface area (Å²) < 4.78 is 0. The van der Waals surface area contributed by atoms with Crippen LogP contribution in [0.25, 0.3) is 5.70 Å². The van der Waals surface area contributed by atoms with E-state index in [9.17, 15) is 4.79 Å². The summed E-state index contributed by atoms with van der Waals surface area (Å²) in [5.74, 6) is -0.0177. The molecule has 1 heterocycles. The summed E-state index contributed by atoms with van der Waals surface area (Å²) in [6, 6.07) is 3.79. The molecule has 0 aromatic carbocycles. The monoisotopic (exact) mass is 167 g/mol. The molecule has 0 spiro atoms. The lowest BCUT2D eigenvalue weighted by Gasteiger charge is -1.92. The first-order valence-corrected chi connectivity index (χ1v) is 4.09. The van der Waals surface area contributed by atoms with Gasteiger partial charge in [0.2, 0.25) is 0 Å². The molecule has 2 N–H and O–H groups in total. The zero-order valence-corrected chi connectivity index (χ0v) is 7.02. The number of carbonyl (C=O) groups is 1. The quantitative estimate of drug-likeness (QED) is 0.680. The minimum Gasteiger partial charge on any atom is -0.397 e. The van der Waals surface area contributed by atoms with Gasteiger partial charge < -0.3 is 5.73 Å².